The molecule has 4 rings (SSSR count). The highest BCUT2D eigenvalue weighted by molar-refractivity contribution is 7.18. The largest absolute Gasteiger partial charge is 0.486 e. The Morgan fingerprint density at radius 1 is 1.21 bits per heavy atom. The third-order valence-corrected chi connectivity index (χ3v) is 6.47. The van der Waals surface area contributed by atoms with Crippen LogP contribution in [0.3, 0.4) is 0 Å². The normalized spacial score (nSPS) is 19.3. The number of carbonyl (C=O) groups excluding carboxylic acids is 4. The van der Waals surface area contributed by atoms with Gasteiger partial charge in [0.15, 0.2) is 11.5 Å². The Morgan fingerprint density at radius 3 is 2.67 bits per heavy atom. The molecule has 1 aromatic heterocycles. The van der Waals surface area contributed by atoms with E-state index in [-0.39, 0.29) is 6.61 Å². The molecule has 2 aliphatic heterocycles. The zero-order valence-electron chi connectivity index (χ0n) is 18.4. The van der Waals surface area contributed by atoms with Gasteiger partial charge in [0.1, 0.15) is 30.2 Å². The number of nitrogens with one attached hydrogen (secondary N) is 2. The van der Waals surface area contributed by atoms with Crippen LogP contribution in [0.25, 0.3) is 0 Å². The summed E-state index contributed by atoms with van der Waals surface area (Å²) in [4.78, 5) is 51.5. The number of hydrogen-bond acceptors (Lipinski definition) is 8. The van der Waals surface area contributed by atoms with Gasteiger partial charge in [0.25, 0.3) is 5.91 Å². The SMILES string of the molecule is CCOC(=O)c1sc(NC(=O)CN2C(=O)NC(C)(c3ccc4c(c3)OCCO4)C2=O)cc1C. The highest BCUT2D eigenvalue weighted by Gasteiger charge is 2.49. The first-order valence-corrected chi connectivity index (χ1v) is 11.2. The van der Waals surface area contributed by atoms with E-state index in [2.05, 4.69) is 10.6 Å². The summed E-state index contributed by atoms with van der Waals surface area (Å²) in [5.41, 5.74) is -0.181. The lowest BCUT2D eigenvalue weighted by Gasteiger charge is -2.25. The zero-order chi connectivity index (χ0) is 23.8. The molecule has 3 heterocycles. The van der Waals surface area contributed by atoms with E-state index in [0.717, 1.165) is 16.2 Å². The van der Waals surface area contributed by atoms with E-state index in [1.165, 1.54) is 0 Å². The summed E-state index contributed by atoms with van der Waals surface area (Å²) < 4.78 is 16.1. The lowest BCUT2D eigenvalue weighted by atomic mass is 9.91. The number of thiophene rings is 1. The summed E-state index contributed by atoms with van der Waals surface area (Å²) in [6.07, 6.45) is 0. The number of urea groups is 1. The van der Waals surface area contributed by atoms with Crippen LogP contribution in [0.15, 0.2) is 24.3 Å². The molecule has 0 bridgehead atoms. The lowest BCUT2D eigenvalue weighted by Crippen LogP contribution is -2.42. The molecule has 11 heteroatoms. The molecule has 1 aromatic carbocycles. The number of aryl methyl sites for hydroxylation is 1. The Balaban J connectivity index is 1.46. The number of hydrogen-bond donors (Lipinski definition) is 2. The van der Waals surface area contributed by atoms with E-state index in [4.69, 9.17) is 14.2 Å². The van der Waals surface area contributed by atoms with Gasteiger partial charge >= 0.3 is 12.0 Å². The Hall–Kier alpha value is -3.60. The average molecular weight is 474 g/mol. The van der Waals surface area contributed by atoms with E-state index in [0.29, 0.717) is 45.7 Å². The van der Waals surface area contributed by atoms with Crippen LogP contribution in [0.5, 0.6) is 11.5 Å². The third-order valence-electron chi connectivity index (χ3n) is 5.34. The van der Waals surface area contributed by atoms with E-state index in [1.807, 2.05) is 0 Å². The summed E-state index contributed by atoms with van der Waals surface area (Å²) in [6, 6.07) is 5.98. The zero-order valence-corrected chi connectivity index (χ0v) is 19.2. The van der Waals surface area contributed by atoms with Gasteiger partial charge in [-0.2, -0.15) is 0 Å². The van der Waals surface area contributed by atoms with Crippen LogP contribution in [0.2, 0.25) is 0 Å². The van der Waals surface area contributed by atoms with Crippen LogP contribution < -0.4 is 20.1 Å². The van der Waals surface area contributed by atoms with Crippen molar-refractivity contribution < 1.29 is 33.4 Å². The minimum Gasteiger partial charge on any atom is -0.486 e. The van der Waals surface area contributed by atoms with Crippen molar-refractivity contribution in [3.63, 3.8) is 0 Å². The maximum absolute atomic E-state index is 13.1. The summed E-state index contributed by atoms with van der Waals surface area (Å²) in [6.45, 7) is 5.61. The second kappa shape index (κ2) is 8.74. The molecule has 10 nitrogen and oxygen atoms in total. The first-order valence-electron chi connectivity index (χ1n) is 10.3. The highest BCUT2D eigenvalue weighted by atomic mass is 32.1. The number of carbonyl (C=O) groups is 4. The number of rotatable bonds is 6. The molecule has 0 spiro atoms. The smallest absolute Gasteiger partial charge is 0.348 e. The molecule has 174 valence electrons. The lowest BCUT2D eigenvalue weighted by molar-refractivity contribution is -0.133. The number of amides is 4. The first-order chi connectivity index (χ1) is 15.7. The average Bonchev–Trinajstić information content (AvgIpc) is 3.25. The fraction of sp³-hybridized carbons (Fsp3) is 0.364. The monoisotopic (exact) mass is 473 g/mol. The van der Waals surface area contributed by atoms with Crippen molar-refractivity contribution in [3.05, 3.63) is 40.3 Å². The van der Waals surface area contributed by atoms with Gasteiger partial charge in [0.2, 0.25) is 5.91 Å². The van der Waals surface area contributed by atoms with Crippen LogP contribution in [0.1, 0.15) is 34.6 Å². The van der Waals surface area contributed by atoms with E-state index in [1.54, 1.807) is 45.0 Å². The number of ether oxygens (including phenoxy) is 3. The van der Waals surface area contributed by atoms with Gasteiger partial charge in [-0.1, -0.05) is 6.07 Å². The van der Waals surface area contributed by atoms with Gasteiger partial charge in [-0.15, -0.1) is 11.3 Å². The molecule has 2 N–H and O–H groups in total. The summed E-state index contributed by atoms with van der Waals surface area (Å²) in [5.74, 6) is -0.543. The van der Waals surface area contributed by atoms with Crippen molar-refractivity contribution in [2.24, 2.45) is 0 Å². The minimum absolute atomic E-state index is 0.242. The first kappa shape index (κ1) is 22.6. The second-order valence-electron chi connectivity index (χ2n) is 7.70. The van der Waals surface area contributed by atoms with E-state index >= 15 is 0 Å². The molecule has 0 saturated carbocycles. The van der Waals surface area contributed by atoms with Crippen molar-refractivity contribution in [1.29, 1.82) is 0 Å². The third kappa shape index (κ3) is 4.23. The molecule has 1 unspecified atom stereocenters. The van der Waals surface area contributed by atoms with Crippen molar-refractivity contribution in [3.8, 4) is 11.5 Å². The maximum Gasteiger partial charge on any atom is 0.348 e. The maximum atomic E-state index is 13.1. The number of imide groups is 1. The number of esters is 1. The standard InChI is InChI=1S/C22H23N3O7S/c1-4-30-19(27)18-12(2)9-17(33-18)23-16(26)11-25-20(28)22(3,24-21(25)29)13-5-6-14-15(10-13)32-8-7-31-14/h5-6,9-10H,4,7-8,11H2,1-3H3,(H,23,26)(H,24,29). The van der Waals surface area contributed by atoms with Crippen LogP contribution in [-0.2, 0) is 19.9 Å². The molecular formula is C22H23N3O7S. The van der Waals surface area contributed by atoms with Crippen molar-refractivity contribution >= 4 is 40.2 Å². The van der Waals surface area contributed by atoms with Gasteiger partial charge in [-0.25, -0.2) is 9.59 Å². The fourth-order valence-corrected chi connectivity index (χ4v) is 4.64. The Morgan fingerprint density at radius 2 is 1.94 bits per heavy atom. The van der Waals surface area contributed by atoms with Crippen LogP contribution >= 0.6 is 11.3 Å². The molecule has 2 aliphatic rings. The van der Waals surface area contributed by atoms with Crippen LogP contribution in [0, 0.1) is 6.92 Å². The van der Waals surface area contributed by atoms with Gasteiger partial charge in [0, 0.05) is 0 Å². The van der Waals surface area contributed by atoms with Crippen molar-refractivity contribution in [2.75, 3.05) is 31.7 Å². The van der Waals surface area contributed by atoms with Crippen LogP contribution in [0.4, 0.5) is 9.80 Å². The van der Waals surface area contributed by atoms with Gasteiger partial charge in [-0.3, -0.25) is 14.5 Å². The van der Waals surface area contributed by atoms with Gasteiger partial charge < -0.3 is 24.8 Å². The fourth-order valence-electron chi connectivity index (χ4n) is 3.65. The molecule has 1 fully saturated rings. The molecule has 4 amide bonds. The van der Waals surface area contributed by atoms with E-state index in [9.17, 15) is 19.2 Å². The summed E-state index contributed by atoms with van der Waals surface area (Å²) in [7, 11) is 0. The predicted molar refractivity (Wildman–Crippen MR) is 119 cm³/mol. The highest BCUT2D eigenvalue weighted by Crippen LogP contribution is 2.37. The molecule has 33 heavy (non-hydrogen) atoms. The molecule has 1 saturated heterocycles. The molecule has 0 radical (unpaired) electrons. The number of anilines is 1. The number of benzene rings is 1. The molecule has 2 aromatic rings. The predicted octanol–water partition coefficient (Wildman–Crippen LogP) is 2.41. The Kier molecular flexibility index (Phi) is 5.98. The number of nitrogens with zero attached hydrogens (tertiary/aromatic N) is 1. The van der Waals surface area contributed by atoms with Crippen molar-refractivity contribution in [2.45, 2.75) is 26.3 Å². The van der Waals surface area contributed by atoms with Gasteiger partial charge in [0.05, 0.1) is 11.6 Å². The van der Waals surface area contributed by atoms with Gasteiger partial charge in [-0.05, 0) is 50.1 Å². The second-order valence-corrected chi connectivity index (χ2v) is 8.75. The minimum atomic E-state index is -1.36. The molecule has 1 atom stereocenters. The van der Waals surface area contributed by atoms with Crippen molar-refractivity contribution in [1.82, 2.24) is 10.2 Å². The summed E-state index contributed by atoms with van der Waals surface area (Å²) in [5, 5.41) is 5.72. The summed E-state index contributed by atoms with van der Waals surface area (Å²) >= 11 is 1.07. The van der Waals surface area contributed by atoms with Crippen LogP contribution in [-0.4, -0.2) is 55.1 Å². The Bertz CT molecular complexity index is 1150. The molecular weight excluding hydrogens is 450 g/mol. The van der Waals surface area contributed by atoms with E-state index < -0.39 is 35.9 Å². The quantitative estimate of drug-likeness (QED) is 0.488. The Labute approximate surface area is 193 Å². The number of fused-ring (bicyclic) bond motifs is 1. The molecule has 0 aliphatic carbocycles. The topological polar surface area (TPSA) is 123 Å².